The van der Waals surface area contributed by atoms with Gasteiger partial charge in [-0.3, -0.25) is 4.79 Å². The molecule has 1 aromatic rings. The van der Waals surface area contributed by atoms with Gasteiger partial charge >= 0.3 is 5.97 Å². The van der Waals surface area contributed by atoms with Crippen LogP contribution >= 0.6 is 11.6 Å². The maximum absolute atomic E-state index is 14.0. The Morgan fingerprint density at radius 3 is 2.61 bits per heavy atom. The van der Waals surface area contributed by atoms with E-state index >= 15 is 0 Å². The molecular formula is C18H14ClFO3. The lowest BCUT2D eigenvalue weighted by atomic mass is 9.62. The number of carboxylic acids is 1. The Kier molecular flexibility index (Phi) is 3.72. The van der Waals surface area contributed by atoms with Crippen molar-refractivity contribution in [2.75, 3.05) is 0 Å². The Balaban J connectivity index is 2.25. The SMILES string of the molecule is C[C@]12CC(F)=C(Cl)C=C1C(c1ccccc1)C=C(C(=O)O)C2=O. The largest absolute Gasteiger partial charge is 0.478 e. The van der Waals surface area contributed by atoms with Gasteiger partial charge in [0.05, 0.1) is 10.4 Å². The first-order valence-corrected chi connectivity index (χ1v) is 7.53. The van der Waals surface area contributed by atoms with Gasteiger partial charge in [0.15, 0.2) is 5.78 Å². The lowest BCUT2D eigenvalue weighted by molar-refractivity contribution is -0.136. The zero-order valence-corrected chi connectivity index (χ0v) is 13.1. The molecule has 23 heavy (non-hydrogen) atoms. The molecule has 2 aliphatic carbocycles. The number of aliphatic carboxylic acids is 1. The number of rotatable bonds is 2. The molecular weight excluding hydrogens is 319 g/mol. The summed E-state index contributed by atoms with van der Waals surface area (Å²) >= 11 is 5.93. The minimum atomic E-state index is -1.29. The number of hydrogen-bond acceptors (Lipinski definition) is 2. The Morgan fingerprint density at radius 2 is 2.00 bits per heavy atom. The predicted molar refractivity (Wildman–Crippen MR) is 84.7 cm³/mol. The number of hydrogen-bond donors (Lipinski definition) is 1. The topological polar surface area (TPSA) is 54.4 Å². The number of Topliss-reactive ketones (excluding diaryl/α,β-unsaturated/α-hetero) is 1. The summed E-state index contributed by atoms with van der Waals surface area (Å²) in [4.78, 5) is 24.1. The van der Waals surface area contributed by atoms with Crippen molar-refractivity contribution in [3.8, 4) is 0 Å². The van der Waals surface area contributed by atoms with Crippen molar-refractivity contribution >= 4 is 23.4 Å². The number of carbonyl (C=O) groups is 2. The molecule has 0 aliphatic heterocycles. The van der Waals surface area contributed by atoms with Crippen LogP contribution in [-0.4, -0.2) is 16.9 Å². The van der Waals surface area contributed by atoms with E-state index in [1.165, 1.54) is 12.2 Å². The smallest absolute Gasteiger partial charge is 0.339 e. The predicted octanol–water partition coefficient (Wildman–Crippen LogP) is 4.12. The molecule has 0 saturated carbocycles. The summed E-state index contributed by atoms with van der Waals surface area (Å²) in [6.07, 6.45) is 2.68. The van der Waals surface area contributed by atoms with Gasteiger partial charge in [0.25, 0.3) is 0 Å². The fourth-order valence-corrected chi connectivity index (χ4v) is 3.43. The van der Waals surface area contributed by atoms with Crippen LogP contribution in [0.15, 0.2) is 64.5 Å². The molecule has 3 rings (SSSR count). The number of carbonyl (C=O) groups excluding carboxylic acids is 1. The molecule has 0 heterocycles. The minimum Gasteiger partial charge on any atom is -0.478 e. The number of benzene rings is 1. The summed E-state index contributed by atoms with van der Waals surface area (Å²) in [5.74, 6) is -2.89. The van der Waals surface area contributed by atoms with Crippen molar-refractivity contribution in [1.29, 1.82) is 0 Å². The highest BCUT2D eigenvalue weighted by Crippen LogP contribution is 2.52. The van der Waals surface area contributed by atoms with Crippen LogP contribution in [0.3, 0.4) is 0 Å². The van der Waals surface area contributed by atoms with Gasteiger partial charge < -0.3 is 5.11 Å². The van der Waals surface area contributed by atoms with Gasteiger partial charge in [0.1, 0.15) is 11.4 Å². The first-order valence-electron chi connectivity index (χ1n) is 7.15. The summed E-state index contributed by atoms with van der Waals surface area (Å²) < 4.78 is 14.0. The van der Waals surface area contributed by atoms with Crippen LogP contribution in [0, 0.1) is 5.41 Å². The monoisotopic (exact) mass is 332 g/mol. The number of allylic oxidation sites excluding steroid dienone is 5. The van der Waals surface area contributed by atoms with Crippen LogP contribution in [0.25, 0.3) is 0 Å². The van der Waals surface area contributed by atoms with Gasteiger partial charge in [-0.1, -0.05) is 48.0 Å². The average molecular weight is 333 g/mol. The van der Waals surface area contributed by atoms with Crippen LogP contribution in [0.5, 0.6) is 0 Å². The number of fused-ring (bicyclic) bond motifs is 1. The summed E-state index contributed by atoms with van der Waals surface area (Å²) in [6.45, 7) is 1.58. The van der Waals surface area contributed by atoms with Crippen LogP contribution in [0.2, 0.25) is 0 Å². The molecule has 2 atom stereocenters. The van der Waals surface area contributed by atoms with Crippen molar-refractivity contribution < 1.29 is 19.1 Å². The zero-order valence-electron chi connectivity index (χ0n) is 12.3. The van der Waals surface area contributed by atoms with E-state index in [1.807, 2.05) is 30.3 Å². The Morgan fingerprint density at radius 1 is 1.35 bits per heavy atom. The Hall–Kier alpha value is -2.20. The molecule has 5 heteroatoms. The Bertz CT molecular complexity index is 792. The second-order valence-corrected chi connectivity index (χ2v) is 6.37. The first-order chi connectivity index (χ1) is 10.8. The molecule has 1 N–H and O–H groups in total. The van der Waals surface area contributed by atoms with Gasteiger partial charge in [0.2, 0.25) is 0 Å². The molecule has 1 unspecified atom stereocenters. The Labute approximate surface area is 137 Å². The minimum absolute atomic E-state index is 0.0293. The molecule has 0 radical (unpaired) electrons. The lowest BCUT2D eigenvalue weighted by Gasteiger charge is -2.40. The van der Waals surface area contributed by atoms with Gasteiger partial charge in [0, 0.05) is 12.3 Å². The van der Waals surface area contributed by atoms with Crippen LogP contribution in [0.4, 0.5) is 4.39 Å². The third kappa shape index (κ3) is 2.43. The van der Waals surface area contributed by atoms with Crippen molar-refractivity contribution in [2.24, 2.45) is 5.41 Å². The number of ketones is 1. The summed E-state index contributed by atoms with van der Waals surface area (Å²) in [5, 5.41) is 9.33. The maximum Gasteiger partial charge on any atom is 0.339 e. The van der Waals surface area contributed by atoms with Gasteiger partial charge in [-0.25, -0.2) is 9.18 Å². The molecule has 0 bridgehead atoms. The van der Waals surface area contributed by atoms with E-state index < -0.39 is 28.9 Å². The second kappa shape index (κ2) is 5.46. The molecule has 0 spiro atoms. The van der Waals surface area contributed by atoms with Crippen LogP contribution < -0.4 is 0 Å². The van der Waals surface area contributed by atoms with Crippen molar-refractivity contribution in [3.05, 3.63) is 70.1 Å². The molecule has 0 saturated heterocycles. The van der Waals surface area contributed by atoms with Crippen LogP contribution in [0.1, 0.15) is 24.8 Å². The fraction of sp³-hybridized carbons (Fsp3) is 0.222. The quantitative estimate of drug-likeness (QED) is 0.829. The highest BCUT2D eigenvalue weighted by atomic mass is 35.5. The van der Waals surface area contributed by atoms with E-state index in [4.69, 9.17) is 11.6 Å². The molecule has 3 nitrogen and oxygen atoms in total. The maximum atomic E-state index is 14.0. The molecule has 0 amide bonds. The molecule has 0 fully saturated rings. The van der Waals surface area contributed by atoms with Gasteiger partial charge in [-0.2, -0.15) is 0 Å². The van der Waals surface area contributed by atoms with E-state index in [1.54, 1.807) is 6.92 Å². The van der Waals surface area contributed by atoms with Crippen LogP contribution in [-0.2, 0) is 9.59 Å². The summed E-state index contributed by atoms with van der Waals surface area (Å²) in [6, 6.07) is 9.21. The fourth-order valence-electron chi connectivity index (χ4n) is 3.25. The lowest BCUT2D eigenvalue weighted by Crippen LogP contribution is -2.40. The van der Waals surface area contributed by atoms with E-state index in [-0.39, 0.29) is 17.0 Å². The number of halogens is 2. The molecule has 0 aromatic heterocycles. The van der Waals surface area contributed by atoms with Crippen molar-refractivity contribution in [1.82, 2.24) is 0 Å². The molecule has 2 aliphatic rings. The molecule has 118 valence electrons. The van der Waals surface area contributed by atoms with E-state index in [2.05, 4.69) is 0 Å². The highest BCUT2D eigenvalue weighted by Gasteiger charge is 2.49. The van der Waals surface area contributed by atoms with E-state index in [0.29, 0.717) is 5.57 Å². The normalized spacial score (nSPS) is 27.3. The van der Waals surface area contributed by atoms with E-state index in [0.717, 1.165) is 5.56 Å². The number of carboxylic acid groups (broad SMARTS) is 1. The zero-order chi connectivity index (χ0) is 16.8. The van der Waals surface area contributed by atoms with Gasteiger partial charge in [-0.15, -0.1) is 0 Å². The highest BCUT2D eigenvalue weighted by molar-refractivity contribution is 6.32. The summed E-state index contributed by atoms with van der Waals surface area (Å²) in [7, 11) is 0. The van der Waals surface area contributed by atoms with Crippen molar-refractivity contribution in [2.45, 2.75) is 19.3 Å². The van der Waals surface area contributed by atoms with Gasteiger partial charge in [-0.05, 0) is 24.1 Å². The van der Waals surface area contributed by atoms with Crippen molar-refractivity contribution in [3.63, 3.8) is 0 Å². The average Bonchev–Trinajstić information content (AvgIpc) is 2.51. The van der Waals surface area contributed by atoms with E-state index in [9.17, 15) is 19.1 Å². The first kappa shape index (κ1) is 15.7. The second-order valence-electron chi connectivity index (χ2n) is 5.96. The summed E-state index contributed by atoms with van der Waals surface area (Å²) in [5.41, 5.74) is -0.0664. The third-order valence-electron chi connectivity index (χ3n) is 4.49. The third-order valence-corrected chi connectivity index (χ3v) is 4.80. The standard InChI is InChI=1S/C18H14ClFO3/c1-18-9-15(20)14(19)8-13(18)11(10-5-3-2-4-6-10)7-12(16(18)21)17(22)23/h2-8,11H,9H2,1H3,(H,22,23)/t11?,18-/m0/s1. The molecule has 1 aromatic carbocycles.